The van der Waals surface area contributed by atoms with Crippen molar-refractivity contribution < 1.29 is 27.6 Å². The summed E-state index contributed by atoms with van der Waals surface area (Å²) in [5, 5.41) is 6.12. The Bertz CT molecular complexity index is 1800. The number of nitrogens with two attached hydrogens (primary N) is 1. The van der Waals surface area contributed by atoms with Gasteiger partial charge in [0.05, 0.1) is 16.8 Å². The number of nitrogens with one attached hydrogen (secondary N) is 2. The van der Waals surface area contributed by atoms with E-state index in [4.69, 9.17) is 5.73 Å². The second-order valence-electron chi connectivity index (χ2n) is 9.51. The molecule has 212 valence electrons. The molecule has 0 saturated heterocycles. The van der Waals surface area contributed by atoms with Gasteiger partial charge in [0.2, 0.25) is 5.91 Å². The van der Waals surface area contributed by atoms with Crippen LogP contribution in [0, 0.1) is 0 Å². The highest BCUT2D eigenvalue weighted by molar-refractivity contribution is 6.09. The van der Waals surface area contributed by atoms with Gasteiger partial charge in [-0.1, -0.05) is 42.5 Å². The molecule has 5 rings (SSSR count). The number of alkyl halides is 3. The van der Waals surface area contributed by atoms with Crippen LogP contribution in [0.15, 0.2) is 97.2 Å². The molecule has 42 heavy (non-hydrogen) atoms. The lowest BCUT2D eigenvalue weighted by molar-refractivity contribution is -0.137. The summed E-state index contributed by atoms with van der Waals surface area (Å²) in [7, 11) is 1.70. The summed E-state index contributed by atoms with van der Waals surface area (Å²) >= 11 is 0. The number of rotatable bonds is 7. The summed E-state index contributed by atoms with van der Waals surface area (Å²) in [5.74, 6) is -1.73. The van der Waals surface area contributed by atoms with E-state index >= 15 is 0 Å². The van der Waals surface area contributed by atoms with Gasteiger partial charge in [-0.3, -0.25) is 19.4 Å². The summed E-state index contributed by atoms with van der Waals surface area (Å²) in [5.41, 5.74) is 7.43. The molecule has 0 aliphatic carbocycles. The number of primary amides is 1. The zero-order valence-electron chi connectivity index (χ0n) is 22.1. The van der Waals surface area contributed by atoms with Gasteiger partial charge in [-0.15, -0.1) is 0 Å². The fourth-order valence-electron chi connectivity index (χ4n) is 4.65. The SMILES string of the molecule is Cn1c(C(=O)NC(C(N)=O)c2ccccc2)cc2cc(NC(=O)c3cccnc3-c3ccc(C(F)(F)F)cc3)ccc21. The molecule has 0 fully saturated rings. The van der Waals surface area contributed by atoms with Crippen molar-refractivity contribution in [3.63, 3.8) is 0 Å². The molecule has 3 amide bonds. The van der Waals surface area contributed by atoms with E-state index in [1.807, 2.05) is 0 Å². The lowest BCUT2D eigenvalue weighted by atomic mass is 10.0. The molecule has 2 heterocycles. The number of hydrogen-bond acceptors (Lipinski definition) is 4. The highest BCUT2D eigenvalue weighted by Gasteiger charge is 2.30. The van der Waals surface area contributed by atoms with E-state index in [1.165, 1.54) is 24.4 Å². The Balaban J connectivity index is 1.38. The minimum Gasteiger partial charge on any atom is -0.368 e. The average Bonchev–Trinajstić information content (AvgIpc) is 3.31. The van der Waals surface area contributed by atoms with Gasteiger partial charge >= 0.3 is 6.18 Å². The normalized spacial score (nSPS) is 12.1. The molecule has 8 nitrogen and oxygen atoms in total. The summed E-state index contributed by atoms with van der Waals surface area (Å²) in [6.45, 7) is 0. The van der Waals surface area contributed by atoms with Crippen LogP contribution in [0.5, 0.6) is 0 Å². The molecule has 3 aromatic carbocycles. The first kappa shape index (κ1) is 28.1. The minimum absolute atomic E-state index is 0.170. The van der Waals surface area contributed by atoms with Crippen molar-refractivity contribution in [2.24, 2.45) is 12.8 Å². The molecule has 0 bridgehead atoms. The first-order valence-corrected chi connectivity index (χ1v) is 12.7. The van der Waals surface area contributed by atoms with Gasteiger partial charge in [0, 0.05) is 35.4 Å². The zero-order chi connectivity index (χ0) is 30.0. The summed E-state index contributed by atoms with van der Waals surface area (Å²) in [4.78, 5) is 42.7. The van der Waals surface area contributed by atoms with Gasteiger partial charge in [0.15, 0.2) is 0 Å². The summed E-state index contributed by atoms with van der Waals surface area (Å²) in [6, 6.07) is 21.8. The molecule has 0 spiro atoms. The van der Waals surface area contributed by atoms with Gasteiger partial charge in [0.1, 0.15) is 11.7 Å². The number of aromatic nitrogens is 2. The topological polar surface area (TPSA) is 119 Å². The van der Waals surface area contributed by atoms with Crippen LogP contribution < -0.4 is 16.4 Å². The van der Waals surface area contributed by atoms with E-state index in [9.17, 15) is 27.6 Å². The van der Waals surface area contributed by atoms with Crippen molar-refractivity contribution in [2.45, 2.75) is 12.2 Å². The van der Waals surface area contributed by atoms with Gasteiger partial charge in [0.25, 0.3) is 11.8 Å². The van der Waals surface area contributed by atoms with Crippen LogP contribution in [0.1, 0.15) is 38.0 Å². The Hall–Kier alpha value is -5.45. The number of anilines is 1. The Kier molecular flexibility index (Phi) is 7.49. The third kappa shape index (κ3) is 5.71. The van der Waals surface area contributed by atoms with Gasteiger partial charge in [-0.25, -0.2) is 0 Å². The fraction of sp³-hybridized carbons (Fsp3) is 0.0968. The summed E-state index contributed by atoms with van der Waals surface area (Å²) < 4.78 is 40.6. The van der Waals surface area contributed by atoms with Crippen LogP contribution >= 0.6 is 0 Å². The summed E-state index contributed by atoms with van der Waals surface area (Å²) in [6.07, 6.45) is -3.03. The molecule has 0 aliphatic heterocycles. The first-order valence-electron chi connectivity index (χ1n) is 12.7. The third-order valence-electron chi connectivity index (χ3n) is 6.76. The van der Waals surface area contributed by atoms with Crippen molar-refractivity contribution in [3.8, 4) is 11.3 Å². The Morgan fingerprint density at radius 2 is 1.60 bits per heavy atom. The van der Waals surface area contributed by atoms with Crippen LogP contribution in [0.25, 0.3) is 22.2 Å². The number of carbonyl (C=O) groups excluding carboxylic acids is 3. The van der Waals surface area contributed by atoms with E-state index in [2.05, 4.69) is 15.6 Å². The number of carbonyl (C=O) groups is 3. The molecule has 0 aliphatic rings. The number of nitrogens with zero attached hydrogens (tertiary/aromatic N) is 2. The molecule has 11 heteroatoms. The van der Waals surface area contributed by atoms with E-state index in [0.717, 1.165) is 12.1 Å². The smallest absolute Gasteiger partial charge is 0.368 e. The predicted molar refractivity (Wildman–Crippen MR) is 151 cm³/mol. The standard InChI is InChI=1S/C31H24F3N5O3/c1-39-24-14-13-22(16-20(24)17-25(39)30(42)38-27(28(35)40)18-6-3-2-4-7-18)37-29(41)23-8-5-15-36-26(23)19-9-11-21(12-10-19)31(32,33)34/h2-17,27H,1H3,(H2,35,40)(H,37,41)(H,38,42). The van der Waals surface area contributed by atoms with E-state index in [-0.39, 0.29) is 17.0 Å². The Labute approximate surface area is 238 Å². The van der Waals surface area contributed by atoms with E-state index in [1.54, 1.807) is 72.3 Å². The quantitative estimate of drug-likeness (QED) is 0.240. The number of halogens is 3. The largest absolute Gasteiger partial charge is 0.416 e. The lowest BCUT2D eigenvalue weighted by Crippen LogP contribution is -2.38. The van der Waals surface area contributed by atoms with Gasteiger partial charge in [-0.05, 0) is 54.1 Å². The molecule has 1 unspecified atom stereocenters. The van der Waals surface area contributed by atoms with Crippen molar-refractivity contribution >= 4 is 34.3 Å². The molecule has 2 aromatic heterocycles. The van der Waals surface area contributed by atoms with E-state index in [0.29, 0.717) is 27.7 Å². The van der Waals surface area contributed by atoms with Crippen LogP contribution in [0.3, 0.4) is 0 Å². The Morgan fingerprint density at radius 1 is 0.881 bits per heavy atom. The van der Waals surface area contributed by atoms with Crippen LogP contribution in [-0.4, -0.2) is 27.3 Å². The number of hydrogen-bond donors (Lipinski definition) is 3. The number of fused-ring (bicyclic) bond motifs is 1. The molecule has 5 aromatic rings. The average molecular weight is 572 g/mol. The highest BCUT2D eigenvalue weighted by Crippen LogP contribution is 2.31. The molecule has 0 radical (unpaired) electrons. The molecule has 0 saturated carbocycles. The van der Waals surface area contributed by atoms with Crippen LogP contribution in [0.4, 0.5) is 18.9 Å². The van der Waals surface area contributed by atoms with Crippen LogP contribution in [-0.2, 0) is 18.0 Å². The molecular weight excluding hydrogens is 547 g/mol. The maximum atomic E-state index is 13.2. The maximum Gasteiger partial charge on any atom is 0.416 e. The monoisotopic (exact) mass is 571 g/mol. The second kappa shape index (κ2) is 11.2. The van der Waals surface area contributed by atoms with Gasteiger partial charge in [-0.2, -0.15) is 13.2 Å². The van der Waals surface area contributed by atoms with Crippen molar-refractivity contribution in [3.05, 3.63) is 120 Å². The number of benzene rings is 3. The number of amides is 3. The zero-order valence-corrected chi connectivity index (χ0v) is 22.1. The Morgan fingerprint density at radius 3 is 2.26 bits per heavy atom. The molecule has 4 N–H and O–H groups in total. The van der Waals surface area contributed by atoms with E-state index < -0.39 is 35.5 Å². The minimum atomic E-state index is -4.48. The van der Waals surface area contributed by atoms with Crippen molar-refractivity contribution in [2.75, 3.05) is 5.32 Å². The van der Waals surface area contributed by atoms with Crippen LogP contribution in [0.2, 0.25) is 0 Å². The highest BCUT2D eigenvalue weighted by atomic mass is 19.4. The first-order chi connectivity index (χ1) is 20.0. The van der Waals surface area contributed by atoms with Crippen molar-refractivity contribution in [1.29, 1.82) is 0 Å². The number of pyridine rings is 1. The lowest BCUT2D eigenvalue weighted by Gasteiger charge is -2.16. The predicted octanol–water partition coefficient (Wildman–Crippen LogP) is 5.47. The van der Waals surface area contributed by atoms with Crippen molar-refractivity contribution in [1.82, 2.24) is 14.9 Å². The number of aryl methyl sites for hydroxylation is 1. The maximum absolute atomic E-state index is 13.2. The molecule has 1 atom stereocenters. The fourth-order valence-corrected chi connectivity index (χ4v) is 4.65. The third-order valence-corrected chi connectivity index (χ3v) is 6.76. The molecular formula is C31H24F3N5O3. The van der Waals surface area contributed by atoms with Gasteiger partial charge < -0.3 is 20.9 Å². The second-order valence-corrected chi connectivity index (χ2v) is 9.51.